The van der Waals surface area contributed by atoms with Gasteiger partial charge in [-0.3, -0.25) is 4.79 Å². The Morgan fingerprint density at radius 1 is 1.28 bits per heavy atom. The molecular weight excluding hydrogens is 407 g/mol. The van der Waals surface area contributed by atoms with E-state index in [1.54, 1.807) is 18.2 Å². The molecule has 1 amide bonds. The molecule has 1 aromatic heterocycles. The molecule has 3 aromatic rings. The van der Waals surface area contributed by atoms with Crippen molar-refractivity contribution < 1.29 is 22.4 Å². The summed E-state index contributed by atoms with van der Waals surface area (Å²) in [6, 6.07) is 10.4. The van der Waals surface area contributed by atoms with Gasteiger partial charge in [0, 0.05) is 30.7 Å². The average molecular weight is 424 g/mol. The number of fused-ring (bicyclic) bond motifs is 1. The molecular formula is C20H17ClF3N3O2. The van der Waals surface area contributed by atoms with E-state index in [1.807, 2.05) is 0 Å². The number of aromatic nitrogens is 1. The van der Waals surface area contributed by atoms with Crippen molar-refractivity contribution in [1.29, 1.82) is 0 Å². The van der Waals surface area contributed by atoms with Gasteiger partial charge in [-0.1, -0.05) is 23.7 Å². The number of amides is 1. The number of nitrogens with zero attached hydrogens (tertiary/aromatic N) is 2. The summed E-state index contributed by atoms with van der Waals surface area (Å²) in [5.74, 6) is -0.521. The van der Waals surface area contributed by atoms with E-state index in [-0.39, 0.29) is 11.5 Å². The smallest absolute Gasteiger partial charge is 0.417 e. The molecule has 0 aliphatic carbocycles. The minimum Gasteiger partial charge on any atom is -0.424 e. The van der Waals surface area contributed by atoms with Crippen LogP contribution in [0.1, 0.15) is 22.3 Å². The number of likely N-dealkylation sites (tertiary alicyclic amines) is 1. The molecule has 0 bridgehead atoms. The third kappa shape index (κ3) is 4.17. The second-order valence-corrected chi connectivity index (χ2v) is 7.40. The maximum absolute atomic E-state index is 13.2. The van der Waals surface area contributed by atoms with Gasteiger partial charge in [0.15, 0.2) is 5.58 Å². The number of nitrogens with one attached hydrogen (secondary N) is 1. The number of oxazole rings is 1. The first-order valence-corrected chi connectivity index (χ1v) is 9.44. The average Bonchev–Trinajstić information content (AvgIpc) is 3.31. The van der Waals surface area contributed by atoms with Gasteiger partial charge in [0.25, 0.3) is 11.9 Å². The zero-order valence-electron chi connectivity index (χ0n) is 15.2. The summed E-state index contributed by atoms with van der Waals surface area (Å²) in [7, 11) is 0. The lowest BCUT2D eigenvalue weighted by Crippen LogP contribution is -2.31. The molecule has 1 N–H and O–H groups in total. The van der Waals surface area contributed by atoms with Crippen LogP contribution < -0.4 is 5.32 Å². The summed E-state index contributed by atoms with van der Waals surface area (Å²) in [5, 5.41) is 3.64. The van der Waals surface area contributed by atoms with Crippen LogP contribution in [0.3, 0.4) is 0 Å². The largest absolute Gasteiger partial charge is 0.424 e. The number of hydrogen-bond acceptors (Lipinski definition) is 4. The Morgan fingerprint density at radius 2 is 2.07 bits per heavy atom. The number of anilines is 1. The number of carbonyl (C=O) groups is 1. The molecule has 9 heteroatoms. The number of benzene rings is 2. The molecule has 1 aliphatic heterocycles. The lowest BCUT2D eigenvalue weighted by Gasteiger charge is -2.19. The van der Waals surface area contributed by atoms with Crippen LogP contribution in [0, 0.1) is 5.92 Å². The minimum absolute atomic E-state index is 0.0793. The molecule has 2 heterocycles. The van der Waals surface area contributed by atoms with E-state index in [9.17, 15) is 18.0 Å². The first-order valence-electron chi connectivity index (χ1n) is 9.07. The van der Waals surface area contributed by atoms with Gasteiger partial charge < -0.3 is 14.6 Å². The van der Waals surface area contributed by atoms with E-state index in [2.05, 4.69) is 10.3 Å². The van der Waals surface area contributed by atoms with Gasteiger partial charge in [0.1, 0.15) is 5.52 Å². The van der Waals surface area contributed by atoms with Gasteiger partial charge in [-0.25, -0.2) is 0 Å². The number of halogens is 4. The van der Waals surface area contributed by atoms with Gasteiger partial charge >= 0.3 is 6.18 Å². The molecule has 1 aliphatic rings. The molecule has 0 radical (unpaired) electrons. The van der Waals surface area contributed by atoms with Crippen molar-refractivity contribution in [3.05, 3.63) is 58.6 Å². The highest BCUT2D eigenvalue weighted by molar-refractivity contribution is 6.31. The van der Waals surface area contributed by atoms with Crippen LogP contribution in [0.4, 0.5) is 19.2 Å². The van der Waals surface area contributed by atoms with Crippen LogP contribution in [0.15, 0.2) is 46.9 Å². The van der Waals surface area contributed by atoms with Gasteiger partial charge in [-0.15, -0.1) is 0 Å². The van der Waals surface area contributed by atoms with Crippen LogP contribution >= 0.6 is 11.6 Å². The van der Waals surface area contributed by atoms with Crippen LogP contribution in [0.5, 0.6) is 0 Å². The standard InChI is InChI=1S/C20H17ClF3N3O2/c21-13-5-6-16-17(9-13)29-19(26-16)25-10-12-7-8-27(11-12)18(28)14-3-1-2-4-15(14)20(22,23)24/h1-6,9,12H,7-8,10-11H2,(H,25,26). The SMILES string of the molecule is O=C(c1ccccc1C(F)(F)F)N1CCC(CNc2nc3ccc(Cl)cc3o2)C1. The molecule has 1 atom stereocenters. The van der Waals surface area contributed by atoms with E-state index in [4.69, 9.17) is 16.0 Å². The summed E-state index contributed by atoms with van der Waals surface area (Å²) in [5.41, 5.74) is 0.0111. The lowest BCUT2D eigenvalue weighted by molar-refractivity contribution is -0.138. The van der Waals surface area contributed by atoms with Crippen molar-refractivity contribution in [3.8, 4) is 0 Å². The summed E-state index contributed by atoms with van der Waals surface area (Å²) in [6.45, 7) is 1.26. The molecule has 29 heavy (non-hydrogen) atoms. The Kier molecular flexibility index (Phi) is 5.12. The topological polar surface area (TPSA) is 58.4 Å². The molecule has 1 unspecified atom stereocenters. The van der Waals surface area contributed by atoms with E-state index < -0.39 is 17.6 Å². The van der Waals surface area contributed by atoms with Crippen molar-refractivity contribution in [2.75, 3.05) is 25.0 Å². The van der Waals surface area contributed by atoms with Crippen LogP contribution in [0.2, 0.25) is 5.02 Å². The minimum atomic E-state index is -4.57. The van der Waals surface area contributed by atoms with Crippen molar-refractivity contribution >= 4 is 34.6 Å². The van der Waals surface area contributed by atoms with Gasteiger partial charge in [-0.2, -0.15) is 18.2 Å². The number of alkyl halides is 3. The Hall–Kier alpha value is -2.74. The molecule has 1 saturated heterocycles. The zero-order valence-corrected chi connectivity index (χ0v) is 15.9. The quantitative estimate of drug-likeness (QED) is 0.636. The third-order valence-corrected chi connectivity index (χ3v) is 5.16. The van der Waals surface area contributed by atoms with Crippen molar-refractivity contribution in [2.45, 2.75) is 12.6 Å². The predicted molar refractivity (Wildman–Crippen MR) is 103 cm³/mol. The maximum atomic E-state index is 13.2. The third-order valence-electron chi connectivity index (χ3n) is 4.93. The lowest BCUT2D eigenvalue weighted by atomic mass is 10.1. The van der Waals surface area contributed by atoms with Crippen LogP contribution in [0.25, 0.3) is 11.1 Å². The first-order chi connectivity index (χ1) is 13.8. The van der Waals surface area contributed by atoms with E-state index in [0.29, 0.717) is 48.2 Å². The second kappa shape index (κ2) is 7.59. The van der Waals surface area contributed by atoms with E-state index >= 15 is 0 Å². The molecule has 152 valence electrons. The maximum Gasteiger partial charge on any atom is 0.417 e. The highest BCUT2D eigenvalue weighted by Gasteiger charge is 2.37. The van der Waals surface area contributed by atoms with E-state index in [1.165, 1.54) is 23.1 Å². The van der Waals surface area contributed by atoms with Gasteiger partial charge in [0.05, 0.1) is 11.1 Å². The molecule has 1 fully saturated rings. The summed E-state index contributed by atoms with van der Waals surface area (Å²) in [6.07, 6.45) is -3.89. The zero-order chi connectivity index (χ0) is 20.6. The molecule has 0 spiro atoms. The van der Waals surface area contributed by atoms with Gasteiger partial charge in [0.2, 0.25) is 0 Å². The van der Waals surface area contributed by atoms with Crippen molar-refractivity contribution in [3.63, 3.8) is 0 Å². The Bertz CT molecular complexity index is 1050. The second-order valence-electron chi connectivity index (χ2n) is 6.96. The Morgan fingerprint density at radius 3 is 2.86 bits per heavy atom. The van der Waals surface area contributed by atoms with Gasteiger partial charge in [-0.05, 0) is 36.6 Å². The van der Waals surface area contributed by atoms with Crippen LogP contribution in [-0.4, -0.2) is 35.4 Å². The fraction of sp³-hybridized carbons (Fsp3) is 0.300. The fourth-order valence-corrected chi connectivity index (χ4v) is 3.64. The molecule has 2 aromatic carbocycles. The Balaban J connectivity index is 1.39. The normalized spacial score (nSPS) is 17.1. The number of hydrogen-bond donors (Lipinski definition) is 1. The fourth-order valence-electron chi connectivity index (χ4n) is 3.48. The number of rotatable bonds is 4. The highest BCUT2D eigenvalue weighted by Crippen LogP contribution is 2.33. The summed E-state index contributed by atoms with van der Waals surface area (Å²) < 4.78 is 45.2. The molecule has 5 nitrogen and oxygen atoms in total. The van der Waals surface area contributed by atoms with E-state index in [0.717, 1.165) is 6.07 Å². The molecule has 0 saturated carbocycles. The molecule has 4 rings (SSSR count). The predicted octanol–water partition coefficient (Wildman–Crippen LogP) is 5.07. The monoisotopic (exact) mass is 423 g/mol. The van der Waals surface area contributed by atoms with Crippen molar-refractivity contribution in [1.82, 2.24) is 9.88 Å². The van der Waals surface area contributed by atoms with Crippen molar-refractivity contribution in [2.24, 2.45) is 5.92 Å². The summed E-state index contributed by atoms with van der Waals surface area (Å²) >= 11 is 5.93. The Labute approximate surface area is 169 Å². The summed E-state index contributed by atoms with van der Waals surface area (Å²) in [4.78, 5) is 18.4. The van der Waals surface area contributed by atoms with Crippen LogP contribution in [-0.2, 0) is 6.18 Å². The first kappa shape index (κ1) is 19.6. The number of carbonyl (C=O) groups excluding carboxylic acids is 1. The highest BCUT2D eigenvalue weighted by atomic mass is 35.5.